The number of nitrogens with zero attached hydrogens (tertiary/aromatic N) is 1. The molecule has 1 saturated carbocycles. The molecular weight excluding hydrogens is 238 g/mol. The highest BCUT2D eigenvalue weighted by atomic mass is 16.1. The summed E-state index contributed by atoms with van der Waals surface area (Å²) in [5, 5.41) is 3.08. The minimum Gasteiger partial charge on any atom is -0.356 e. The number of carbonyl (C=O) groups is 1. The number of rotatable bonds is 5. The Morgan fingerprint density at radius 1 is 1.32 bits per heavy atom. The van der Waals surface area contributed by atoms with E-state index in [4.69, 9.17) is 5.73 Å². The molecule has 4 heteroatoms. The van der Waals surface area contributed by atoms with Gasteiger partial charge in [-0.15, -0.1) is 0 Å². The molecule has 1 aliphatic carbocycles. The lowest BCUT2D eigenvalue weighted by Gasteiger charge is -2.31. The van der Waals surface area contributed by atoms with Crippen LogP contribution in [0.25, 0.3) is 0 Å². The second kappa shape index (κ2) is 7.25. The van der Waals surface area contributed by atoms with Crippen LogP contribution in [0, 0.1) is 11.8 Å². The second-order valence-electron chi connectivity index (χ2n) is 6.38. The summed E-state index contributed by atoms with van der Waals surface area (Å²) < 4.78 is 0. The Labute approximate surface area is 117 Å². The molecule has 4 nitrogen and oxygen atoms in total. The number of hydrogen-bond donors (Lipinski definition) is 2. The molecule has 1 amide bonds. The van der Waals surface area contributed by atoms with E-state index < -0.39 is 0 Å². The fraction of sp³-hybridized carbons (Fsp3) is 0.933. The van der Waals surface area contributed by atoms with Crippen LogP contribution in [0.5, 0.6) is 0 Å². The average molecular weight is 267 g/mol. The third-order valence-corrected chi connectivity index (χ3v) is 4.65. The van der Waals surface area contributed by atoms with Gasteiger partial charge in [-0.05, 0) is 64.1 Å². The van der Waals surface area contributed by atoms with Gasteiger partial charge in [0.2, 0.25) is 5.91 Å². The Bertz CT molecular complexity index is 289. The molecule has 2 aliphatic rings. The smallest absolute Gasteiger partial charge is 0.224 e. The van der Waals surface area contributed by atoms with Crippen molar-refractivity contribution in [3.8, 4) is 0 Å². The predicted molar refractivity (Wildman–Crippen MR) is 77.8 cm³/mol. The Balaban J connectivity index is 1.62. The molecule has 0 aromatic rings. The summed E-state index contributed by atoms with van der Waals surface area (Å²) in [5.41, 5.74) is 6.08. The van der Waals surface area contributed by atoms with Gasteiger partial charge in [0.1, 0.15) is 0 Å². The summed E-state index contributed by atoms with van der Waals surface area (Å²) in [6.45, 7) is 6.61. The molecule has 0 bridgehead atoms. The van der Waals surface area contributed by atoms with Gasteiger partial charge in [-0.1, -0.05) is 6.92 Å². The zero-order valence-electron chi connectivity index (χ0n) is 12.2. The number of likely N-dealkylation sites (tertiary alicyclic amines) is 1. The summed E-state index contributed by atoms with van der Waals surface area (Å²) >= 11 is 0. The van der Waals surface area contributed by atoms with Gasteiger partial charge in [0, 0.05) is 12.6 Å². The van der Waals surface area contributed by atoms with Crippen molar-refractivity contribution in [2.45, 2.75) is 51.5 Å². The summed E-state index contributed by atoms with van der Waals surface area (Å²) in [7, 11) is 0. The van der Waals surface area contributed by atoms with E-state index in [1.165, 1.54) is 32.4 Å². The number of nitrogens with one attached hydrogen (secondary N) is 1. The van der Waals surface area contributed by atoms with Gasteiger partial charge in [0.25, 0.3) is 0 Å². The van der Waals surface area contributed by atoms with Gasteiger partial charge >= 0.3 is 0 Å². The maximum absolute atomic E-state index is 12.1. The Morgan fingerprint density at radius 3 is 2.79 bits per heavy atom. The highest BCUT2D eigenvalue weighted by molar-refractivity contribution is 5.79. The van der Waals surface area contributed by atoms with Crippen LogP contribution in [0.3, 0.4) is 0 Å². The molecule has 2 fully saturated rings. The first-order chi connectivity index (χ1) is 9.16. The molecule has 110 valence electrons. The lowest BCUT2D eigenvalue weighted by atomic mass is 9.79. The van der Waals surface area contributed by atoms with Crippen LogP contribution >= 0.6 is 0 Å². The molecule has 3 unspecified atom stereocenters. The lowest BCUT2D eigenvalue weighted by molar-refractivity contribution is -0.126. The summed E-state index contributed by atoms with van der Waals surface area (Å²) in [6.07, 6.45) is 6.84. The van der Waals surface area contributed by atoms with E-state index in [0.717, 1.165) is 32.4 Å². The second-order valence-corrected chi connectivity index (χ2v) is 6.38. The van der Waals surface area contributed by atoms with Crippen LogP contribution in [0.2, 0.25) is 0 Å². The zero-order chi connectivity index (χ0) is 13.7. The summed E-state index contributed by atoms with van der Waals surface area (Å²) in [6, 6.07) is 0.0646. The maximum Gasteiger partial charge on any atom is 0.224 e. The van der Waals surface area contributed by atoms with Crippen molar-refractivity contribution >= 4 is 5.91 Å². The largest absolute Gasteiger partial charge is 0.356 e. The van der Waals surface area contributed by atoms with Gasteiger partial charge in [-0.25, -0.2) is 0 Å². The van der Waals surface area contributed by atoms with Crippen LogP contribution < -0.4 is 11.1 Å². The van der Waals surface area contributed by atoms with Crippen molar-refractivity contribution in [2.24, 2.45) is 17.6 Å². The number of nitrogens with two attached hydrogens (primary N) is 1. The van der Waals surface area contributed by atoms with Crippen LogP contribution in [0.1, 0.15) is 45.4 Å². The monoisotopic (exact) mass is 267 g/mol. The first-order valence-corrected chi connectivity index (χ1v) is 7.92. The van der Waals surface area contributed by atoms with Crippen molar-refractivity contribution in [3.63, 3.8) is 0 Å². The fourth-order valence-electron chi connectivity index (χ4n) is 3.36. The van der Waals surface area contributed by atoms with Gasteiger partial charge in [0.05, 0.1) is 5.92 Å². The van der Waals surface area contributed by atoms with E-state index in [1.807, 2.05) is 0 Å². The van der Waals surface area contributed by atoms with E-state index in [1.54, 1.807) is 0 Å². The molecule has 0 spiro atoms. The van der Waals surface area contributed by atoms with E-state index >= 15 is 0 Å². The Hall–Kier alpha value is -0.610. The first-order valence-electron chi connectivity index (χ1n) is 7.92. The van der Waals surface area contributed by atoms with Crippen molar-refractivity contribution < 1.29 is 4.79 Å². The molecule has 2 rings (SSSR count). The highest BCUT2D eigenvalue weighted by Crippen LogP contribution is 2.27. The number of amides is 1. The molecular formula is C15H29N3O. The molecule has 3 atom stereocenters. The Morgan fingerprint density at radius 2 is 2.05 bits per heavy atom. The molecule has 19 heavy (non-hydrogen) atoms. The van der Waals surface area contributed by atoms with E-state index in [-0.39, 0.29) is 17.9 Å². The molecule has 0 aromatic carbocycles. The highest BCUT2D eigenvalue weighted by Gasteiger charge is 2.31. The summed E-state index contributed by atoms with van der Waals surface area (Å²) in [4.78, 5) is 14.6. The molecule has 1 saturated heterocycles. The van der Waals surface area contributed by atoms with Gasteiger partial charge in [-0.3, -0.25) is 4.79 Å². The molecule has 1 aliphatic heterocycles. The van der Waals surface area contributed by atoms with Gasteiger partial charge in [-0.2, -0.15) is 0 Å². The van der Waals surface area contributed by atoms with E-state index in [2.05, 4.69) is 17.1 Å². The van der Waals surface area contributed by atoms with Crippen molar-refractivity contribution in [2.75, 3.05) is 26.2 Å². The minimum atomic E-state index is 0.0375. The standard InChI is InChI=1S/C15H29N3O/c1-12-5-6-14(16)13(11-12)15(19)17-7-4-10-18-8-2-3-9-18/h12-14H,2-11,16H2,1H3,(H,17,19). The third-order valence-electron chi connectivity index (χ3n) is 4.65. The van der Waals surface area contributed by atoms with Gasteiger partial charge < -0.3 is 16.0 Å². The van der Waals surface area contributed by atoms with Crippen molar-refractivity contribution in [3.05, 3.63) is 0 Å². The number of hydrogen-bond acceptors (Lipinski definition) is 3. The third kappa shape index (κ3) is 4.46. The number of carbonyl (C=O) groups excluding carboxylic acids is 1. The Kier molecular flexibility index (Phi) is 5.64. The van der Waals surface area contributed by atoms with Crippen LogP contribution in [0.4, 0.5) is 0 Å². The van der Waals surface area contributed by atoms with Crippen LogP contribution in [-0.2, 0) is 4.79 Å². The first kappa shape index (κ1) is 14.8. The zero-order valence-corrected chi connectivity index (χ0v) is 12.2. The molecule has 1 heterocycles. The molecule has 3 N–H and O–H groups in total. The fourth-order valence-corrected chi connectivity index (χ4v) is 3.36. The predicted octanol–water partition coefficient (Wildman–Crippen LogP) is 1.35. The summed E-state index contributed by atoms with van der Waals surface area (Å²) in [5.74, 6) is 0.858. The average Bonchev–Trinajstić information content (AvgIpc) is 2.90. The van der Waals surface area contributed by atoms with Crippen molar-refractivity contribution in [1.82, 2.24) is 10.2 Å². The maximum atomic E-state index is 12.1. The topological polar surface area (TPSA) is 58.4 Å². The lowest BCUT2D eigenvalue weighted by Crippen LogP contribution is -2.45. The molecule has 0 radical (unpaired) electrons. The normalized spacial score (nSPS) is 32.4. The minimum absolute atomic E-state index is 0.0375. The molecule has 0 aromatic heterocycles. The van der Waals surface area contributed by atoms with Crippen molar-refractivity contribution in [1.29, 1.82) is 0 Å². The van der Waals surface area contributed by atoms with Crippen LogP contribution in [0.15, 0.2) is 0 Å². The van der Waals surface area contributed by atoms with E-state index in [0.29, 0.717) is 5.92 Å². The van der Waals surface area contributed by atoms with Crippen LogP contribution in [-0.4, -0.2) is 43.0 Å². The SMILES string of the molecule is CC1CCC(N)C(C(=O)NCCCN2CCCC2)C1. The quantitative estimate of drug-likeness (QED) is 0.739. The van der Waals surface area contributed by atoms with Gasteiger partial charge in [0.15, 0.2) is 0 Å². The van der Waals surface area contributed by atoms with E-state index in [9.17, 15) is 4.79 Å².